The number of hydrogen-bond donors (Lipinski definition) is 1. The van der Waals surface area contributed by atoms with Crippen molar-refractivity contribution in [2.45, 2.75) is 9.92 Å². The molecule has 20 heavy (non-hydrogen) atoms. The van der Waals surface area contributed by atoms with Crippen LogP contribution in [0.1, 0.15) is 10.4 Å². The van der Waals surface area contributed by atoms with Crippen molar-refractivity contribution in [3.63, 3.8) is 0 Å². The minimum absolute atomic E-state index is 0.194. The standard InChI is InChI=1S/C15H10N2O2S/c18-15(19)11-9-17-12-6-2-1-5-10(12)14(11)20-13-7-3-4-8-16-13/h1-9H,(H,18,19). The number of aromatic carboxylic acids is 1. The number of para-hydroxylation sites is 1. The fraction of sp³-hybridized carbons (Fsp3) is 0. The van der Waals surface area contributed by atoms with Gasteiger partial charge in [0.15, 0.2) is 0 Å². The van der Waals surface area contributed by atoms with E-state index in [1.165, 1.54) is 18.0 Å². The van der Waals surface area contributed by atoms with E-state index in [4.69, 9.17) is 0 Å². The number of hydrogen-bond acceptors (Lipinski definition) is 4. The van der Waals surface area contributed by atoms with Crippen LogP contribution in [0.25, 0.3) is 10.9 Å². The average Bonchev–Trinajstić information content (AvgIpc) is 2.48. The van der Waals surface area contributed by atoms with E-state index in [1.807, 2.05) is 42.5 Å². The number of nitrogens with zero attached hydrogens (tertiary/aromatic N) is 2. The Balaban J connectivity index is 2.20. The van der Waals surface area contributed by atoms with Gasteiger partial charge in [0.2, 0.25) is 0 Å². The summed E-state index contributed by atoms with van der Waals surface area (Å²) < 4.78 is 0. The van der Waals surface area contributed by atoms with E-state index in [0.717, 1.165) is 15.9 Å². The molecule has 4 nitrogen and oxygen atoms in total. The molecule has 98 valence electrons. The van der Waals surface area contributed by atoms with Gasteiger partial charge in [-0.2, -0.15) is 0 Å². The Morgan fingerprint density at radius 1 is 1.05 bits per heavy atom. The maximum Gasteiger partial charge on any atom is 0.338 e. The van der Waals surface area contributed by atoms with Crippen LogP contribution in [0.5, 0.6) is 0 Å². The molecule has 3 aromatic rings. The second-order valence-corrected chi connectivity index (χ2v) is 5.12. The number of benzene rings is 1. The predicted octanol–water partition coefficient (Wildman–Crippen LogP) is 3.48. The lowest BCUT2D eigenvalue weighted by atomic mass is 10.1. The Kier molecular flexibility index (Phi) is 3.35. The molecule has 0 spiro atoms. The van der Waals surface area contributed by atoms with Gasteiger partial charge < -0.3 is 5.11 Å². The van der Waals surface area contributed by atoms with Gasteiger partial charge >= 0.3 is 5.97 Å². The molecular weight excluding hydrogens is 272 g/mol. The van der Waals surface area contributed by atoms with Crippen molar-refractivity contribution in [1.82, 2.24) is 9.97 Å². The minimum Gasteiger partial charge on any atom is -0.478 e. The fourth-order valence-corrected chi connectivity index (χ4v) is 2.89. The molecule has 0 aliphatic rings. The van der Waals surface area contributed by atoms with Crippen LogP contribution in [0, 0.1) is 0 Å². The van der Waals surface area contributed by atoms with Gasteiger partial charge in [-0.15, -0.1) is 0 Å². The largest absolute Gasteiger partial charge is 0.478 e. The highest BCUT2D eigenvalue weighted by molar-refractivity contribution is 7.99. The van der Waals surface area contributed by atoms with Crippen LogP contribution < -0.4 is 0 Å². The number of carboxylic acids is 1. The Morgan fingerprint density at radius 2 is 1.85 bits per heavy atom. The first-order valence-corrected chi connectivity index (χ1v) is 6.77. The van der Waals surface area contributed by atoms with Crippen LogP contribution in [-0.2, 0) is 0 Å². The van der Waals surface area contributed by atoms with Gasteiger partial charge in [0.05, 0.1) is 11.1 Å². The third-order valence-corrected chi connectivity index (χ3v) is 3.90. The van der Waals surface area contributed by atoms with Gasteiger partial charge in [0.1, 0.15) is 5.03 Å². The average molecular weight is 282 g/mol. The van der Waals surface area contributed by atoms with Crippen molar-refractivity contribution in [2.24, 2.45) is 0 Å². The first-order valence-electron chi connectivity index (χ1n) is 5.95. The Labute approximate surface area is 119 Å². The second-order valence-electron chi connectivity index (χ2n) is 4.09. The number of pyridine rings is 2. The zero-order valence-electron chi connectivity index (χ0n) is 10.4. The normalized spacial score (nSPS) is 10.6. The summed E-state index contributed by atoms with van der Waals surface area (Å²) in [5.41, 5.74) is 0.968. The van der Waals surface area contributed by atoms with Crippen molar-refractivity contribution in [3.8, 4) is 0 Å². The number of carbonyl (C=O) groups is 1. The van der Waals surface area contributed by atoms with E-state index >= 15 is 0 Å². The summed E-state index contributed by atoms with van der Waals surface area (Å²) in [6, 6.07) is 13.0. The summed E-state index contributed by atoms with van der Waals surface area (Å²) in [5.74, 6) is -0.985. The Bertz CT molecular complexity index is 775. The minimum atomic E-state index is -0.985. The molecule has 1 N–H and O–H groups in total. The Hall–Kier alpha value is -2.40. The van der Waals surface area contributed by atoms with Gasteiger partial charge in [0.25, 0.3) is 0 Å². The smallest absolute Gasteiger partial charge is 0.338 e. The molecule has 0 saturated heterocycles. The van der Waals surface area contributed by atoms with Gasteiger partial charge in [0, 0.05) is 22.7 Å². The monoisotopic (exact) mass is 282 g/mol. The summed E-state index contributed by atoms with van der Waals surface area (Å²) in [5, 5.41) is 10.9. The quantitative estimate of drug-likeness (QED) is 0.796. The number of aromatic nitrogens is 2. The molecule has 0 unspecified atom stereocenters. The Morgan fingerprint density at radius 3 is 2.60 bits per heavy atom. The van der Waals surface area contributed by atoms with E-state index in [9.17, 15) is 9.90 Å². The number of fused-ring (bicyclic) bond motifs is 1. The van der Waals surface area contributed by atoms with Crippen LogP contribution in [0.3, 0.4) is 0 Å². The number of carboxylic acid groups (broad SMARTS) is 1. The molecule has 0 atom stereocenters. The third-order valence-electron chi connectivity index (χ3n) is 2.80. The van der Waals surface area contributed by atoms with E-state index < -0.39 is 5.97 Å². The molecule has 2 heterocycles. The van der Waals surface area contributed by atoms with Crippen LogP contribution >= 0.6 is 11.8 Å². The van der Waals surface area contributed by atoms with Crippen molar-refractivity contribution in [2.75, 3.05) is 0 Å². The summed E-state index contributed by atoms with van der Waals surface area (Å²) >= 11 is 1.34. The molecule has 0 fully saturated rings. The van der Waals surface area contributed by atoms with Gasteiger partial charge in [-0.05, 0) is 18.2 Å². The SMILES string of the molecule is O=C(O)c1cnc2ccccc2c1Sc1ccccn1. The van der Waals surface area contributed by atoms with Gasteiger partial charge in [-0.3, -0.25) is 4.98 Å². The van der Waals surface area contributed by atoms with Crippen LogP contribution in [0.4, 0.5) is 0 Å². The predicted molar refractivity (Wildman–Crippen MR) is 77.1 cm³/mol. The van der Waals surface area contributed by atoms with Crippen LogP contribution in [0.2, 0.25) is 0 Å². The lowest BCUT2D eigenvalue weighted by Crippen LogP contribution is -2.01. The third kappa shape index (κ3) is 2.35. The summed E-state index contributed by atoms with van der Waals surface area (Å²) in [6.07, 6.45) is 3.09. The maximum atomic E-state index is 11.4. The van der Waals surface area contributed by atoms with E-state index in [2.05, 4.69) is 9.97 Å². The zero-order chi connectivity index (χ0) is 13.9. The highest BCUT2D eigenvalue weighted by atomic mass is 32.2. The van der Waals surface area contributed by atoms with Crippen molar-refractivity contribution < 1.29 is 9.90 Å². The molecular formula is C15H10N2O2S. The maximum absolute atomic E-state index is 11.4. The molecule has 0 saturated carbocycles. The summed E-state index contributed by atoms with van der Waals surface area (Å²) in [4.78, 5) is 20.5. The molecule has 0 aliphatic heterocycles. The molecule has 3 rings (SSSR count). The van der Waals surface area contributed by atoms with E-state index in [0.29, 0.717) is 4.90 Å². The first kappa shape index (κ1) is 12.6. The molecule has 0 radical (unpaired) electrons. The second kappa shape index (κ2) is 5.30. The molecule has 2 aromatic heterocycles. The summed E-state index contributed by atoms with van der Waals surface area (Å²) in [7, 11) is 0. The van der Waals surface area contributed by atoms with Crippen LogP contribution in [0.15, 0.2) is 64.8 Å². The fourth-order valence-electron chi connectivity index (χ4n) is 1.89. The molecule has 1 aromatic carbocycles. The molecule has 0 aliphatic carbocycles. The van der Waals surface area contributed by atoms with Crippen molar-refractivity contribution >= 4 is 28.6 Å². The van der Waals surface area contributed by atoms with Crippen LogP contribution in [-0.4, -0.2) is 21.0 Å². The van der Waals surface area contributed by atoms with Gasteiger partial charge in [-0.25, -0.2) is 9.78 Å². The number of rotatable bonds is 3. The molecule has 0 bridgehead atoms. The topological polar surface area (TPSA) is 63.1 Å². The van der Waals surface area contributed by atoms with Gasteiger partial charge in [-0.1, -0.05) is 36.0 Å². The van der Waals surface area contributed by atoms with E-state index in [-0.39, 0.29) is 5.56 Å². The highest BCUT2D eigenvalue weighted by Gasteiger charge is 2.15. The van der Waals surface area contributed by atoms with E-state index in [1.54, 1.807) is 6.20 Å². The lowest BCUT2D eigenvalue weighted by molar-refractivity contribution is 0.0693. The molecule has 0 amide bonds. The van der Waals surface area contributed by atoms with Crippen molar-refractivity contribution in [1.29, 1.82) is 0 Å². The first-order chi connectivity index (χ1) is 9.75. The lowest BCUT2D eigenvalue weighted by Gasteiger charge is -2.08. The molecule has 5 heteroatoms. The summed E-state index contributed by atoms with van der Waals surface area (Å²) in [6.45, 7) is 0. The van der Waals surface area contributed by atoms with Crippen molar-refractivity contribution in [3.05, 3.63) is 60.4 Å². The highest BCUT2D eigenvalue weighted by Crippen LogP contribution is 2.34. The zero-order valence-corrected chi connectivity index (χ0v) is 11.2.